The molecule has 0 fully saturated rings. The predicted molar refractivity (Wildman–Crippen MR) is 99.8 cm³/mol. The minimum atomic E-state index is 0. The van der Waals surface area contributed by atoms with Crippen LogP contribution in [0.5, 0.6) is 0 Å². The fraction of sp³-hybridized carbons (Fsp3) is 0.316. The summed E-state index contributed by atoms with van der Waals surface area (Å²) in [5.74, 6) is 0. The van der Waals surface area contributed by atoms with Crippen molar-refractivity contribution in [3.05, 3.63) is 54.4 Å². The zero-order valence-electron chi connectivity index (χ0n) is 13.5. The number of aromatic nitrogens is 2. The summed E-state index contributed by atoms with van der Waals surface area (Å²) in [6.45, 7) is 3.78. The van der Waals surface area contributed by atoms with E-state index >= 15 is 0 Å². The van der Waals surface area contributed by atoms with Gasteiger partial charge < -0.3 is 5.73 Å². The van der Waals surface area contributed by atoms with E-state index in [1.165, 1.54) is 46.7 Å². The molecule has 23 heavy (non-hydrogen) atoms. The highest BCUT2D eigenvalue weighted by Gasteiger charge is 2.08. The van der Waals surface area contributed by atoms with E-state index in [-0.39, 0.29) is 12.4 Å². The Bertz CT molecular complexity index is 764. The number of fused-ring (bicyclic) bond motifs is 1. The van der Waals surface area contributed by atoms with Crippen molar-refractivity contribution < 1.29 is 0 Å². The van der Waals surface area contributed by atoms with Gasteiger partial charge in [-0.25, -0.2) is 0 Å². The molecule has 3 aromatic rings. The van der Waals surface area contributed by atoms with Crippen LogP contribution in [0.15, 0.2) is 48.8 Å². The van der Waals surface area contributed by atoms with E-state index in [0.717, 1.165) is 6.54 Å². The average Bonchev–Trinajstić information content (AvgIpc) is 3.02. The predicted octanol–water partition coefficient (Wildman–Crippen LogP) is 4.77. The molecule has 2 N–H and O–H groups in total. The monoisotopic (exact) mass is 329 g/mol. The maximum absolute atomic E-state index is 5.86. The first-order chi connectivity index (χ1) is 10.8. The molecule has 0 unspecified atom stereocenters. The minimum absolute atomic E-state index is 0. The van der Waals surface area contributed by atoms with Crippen LogP contribution in [0.25, 0.3) is 21.9 Å². The Labute approximate surface area is 143 Å². The van der Waals surface area contributed by atoms with Gasteiger partial charge in [0.15, 0.2) is 0 Å². The van der Waals surface area contributed by atoms with Crippen LogP contribution in [0.2, 0.25) is 0 Å². The maximum atomic E-state index is 5.86. The Morgan fingerprint density at radius 1 is 1.04 bits per heavy atom. The summed E-state index contributed by atoms with van der Waals surface area (Å²) in [5.41, 5.74) is 9.46. The first-order valence-corrected chi connectivity index (χ1v) is 8.07. The normalized spacial score (nSPS) is 10.7. The molecule has 4 heteroatoms. The van der Waals surface area contributed by atoms with Gasteiger partial charge in [-0.15, -0.1) is 12.4 Å². The Hall–Kier alpha value is -1.84. The van der Waals surface area contributed by atoms with Crippen molar-refractivity contribution in [1.29, 1.82) is 0 Å². The van der Waals surface area contributed by atoms with E-state index in [4.69, 9.17) is 5.73 Å². The van der Waals surface area contributed by atoms with Crippen molar-refractivity contribution in [3.63, 3.8) is 0 Å². The third kappa shape index (κ3) is 3.74. The molecule has 0 radical (unpaired) electrons. The Morgan fingerprint density at radius 2 is 1.83 bits per heavy atom. The van der Waals surface area contributed by atoms with Crippen LogP contribution in [0.3, 0.4) is 0 Å². The van der Waals surface area contributed by atoms with E-state index < -0.39 is 0 Å². The first-order valence-electron chi connectivity index (χ1n) is 8.07. The van der Waals surface area contributed by atoms with E-state index in [1.807, 2.05) is 6.20 Å². The Kier molecular flexibility index (Phi) is 6.20. The topological polar surface area (TPSA) is 43.8 Å². The number of benzene rings is 2. The third-order valence-electron chi connectivity index (χ3n) is 4.17. The number of halogens is 1. The van der Waals surface area contributed by atoms with Gasteiger partial charge in [0.25, 0.3) is 0 Å². The second-order valence-corrected chi connectivity index (χ2v) is 5.72. The van der Waals surface area contributed by atoms with Crippen LogP contribution in [0.4, 0.5) is 0 Å². The number of unbranched alkanes of at least 4 members (excludes halogenated alkanes) is 2. The molecule has 0 spiro atoms. The molecule has 0 saturated carbocycles. The van der Waals surface area contributed by atoms with Gasteiger partial charge in [-0.2, -0.15) is 5.10 Å². The number of rotatable bonds is 6. The largest absolute Gasteiger partial charge is 0.326 e. The van der Waals surface area contributed by atoms with Crippen LogP contribution < -0.4 is 5.73 Å². The van der Waals surface area contributed by atoms with Crippen molar-refractivity contribution in [1.82, 2.24) is 9.78 Å². The fourth-order valence-electron chi connectivity index (χ4n) is 2.94. The number of hydrogen-bond acceptors (Lipinski definition) is 2. The van der Waals surface area contributed by atoms with Crippen LogP contribution in [0, 0.1) is 0 Å². The van der Waals surface area contributed by atoms with Gasteiger partial charge in [0.1, 0.15) is 0 Å². The highest BCUT2D eigenvalue weighted by Crippen LogP contribution is 2.30. The van der Waals surface area contributed by atoms with Crippen molar-refractivity contribution in [2.24, 2.45) is 5.73 Å². The fourth-order valence-corrected chi connectivity index (χ4v) is 2.94. The second kappa shape index (κ2) is 8.14. The summed E-state index contributed by atoms with van der Waals surface area (Å²) < 4.78 is 2.05. The molecule has 3 rings (SSSR count). The van der Waals surface area contributed by atoms with E-state index in [1.54, 1.807) is 0 Å². The van der Waals surface area contributed by atoms with Gasteiger partial charge >= 0.3 is 0 Å². The maximum Gasteiger partial charge on any atom is 0.0568 e. The third-order valence-corrected chi connectivity index (χ3v) is 4.17. The number of nitrogens with two attached hydrogens (primary N) is 1. The summed E-state index contributed by atoms with van der Waals surface area (Å²) in [5, 5.41) is 6.99. The molecule has 0 atom stereocenters. The van der Waals surface area contributed by atoms with Crippen LogP contribution in [-0.2, 0) is 13.1 Å². The van der Waals surface area contributed by atoms with Crippen LogP contribution >= 0.6 is 12.4 Å². The molecule has 1 heterocycles. The lowest BCUT2D eigenvalue weighted by Gasteiger charge is -2.09. The molecule has 1 aromatic heterocycles. The molecule has 0 aliphatic rings. The van der Waals surface area contributed by atoms with Crippen molar-refractivity contribution in [3.8, 4) is 11.1 Å². The average molecular weight is 330 g/mol. The smallest absolute Gasteiger partial charge is 0.0568 e. The summed E-state index contributed by atoms with van der Waals surface area (Å²) in [7, 11) is 0. The van der Waals surface area contributed by atoms with Gasteiger partial charge in [0.2, 0.25) is 0 Å². The summed E-state index contributed by atoms with van der Waals surface area (Å²) >= 11 is 0. The van der Waals surface area contributed by atoms with Gasteiger partial charge in [-0.1, -0.05) is 56.2 Å². The lowest BCUT2D eigenvalue weighted by atomic mass is 9.97. The number of aryl methyl sites for hydroxylation is 1. The lowest BCUT2D eigenvalue weighted by molar-refractivity contribution is 0.553. The van der Waals surface area contributed by atoms with E-state index in [9.17, 15) is 0 Å². The molecular formula is C19H24ClN3. The molecule has 122 valence electrons. The van der Waals surface area contributed by atoms with E-state index in [2.05, 4.69) is 59.3 Å². The lowest BCUT2D eigenvalue weighted by Crippen LogP contribution is -1.98. The summed E-state index contributed by atoms with van der Waals surface area (Å²) in [6, 6.07) is 12.8. The first kappa shape index (κ1) is 17.5. The molecule has 0 bridgehead atoms. The molecular weight excluding hydrogens is 306 g/mol. The Balaban J connectivity index is 0.00000192. The van der Waals surface area contributed by atoms with Gasteiger partial charge in [0, 0.05) is 24.8 Å². The standard InChI is InChI=1S/C19H23N3.ClH/c1-2-3-6-11-22-14-16(13-21-22)18-10-9-15(12-20)17-7-4-5-8-19(17)18;/h4-5,7-10,13-14H,2-3,6,11-12,20H2,1H3;1H. The van der Waals surface area contributed by atoms with Crippen molar-refractivity contribution >= 4 is 23.2 Å². The second-order valence-electron chi connectivity index (χ2n) is 5.72. The molecule has 2 aromatic carbocycles. The highest BCUT2D eigenvalue weighted by molar-refractivity contribution is 5.98. The number of hydrogen-bond donors (Lipinski definition) is 1. The van der Waals surface area contributed by atoms with Crippen LogP contribution in [-0.4, -0.2) is 9.78 Å². The zero-order chi connectivity index (χ0) is 15.4. The molecule has 0 aliphatic heterocycles. The molecule has 0 amide bonds. The summed E-state index contributed by atoms with van der Waals surface area (Å²) in [4.78, 5) is 0. The van der Waals surface area contributed by atoms with Crippen molar-refractivity contribution in [2.75, 3.05) is 0 Å². The SMILES string of the molecule is CCCCCn1cc(-c2ccc(CN)c3ccccc23)cn1.Cl. The minimum Gasteiger partial charge on any atom is -0.326 e. The van der Waals surface area contributed by atoms with Crippen LogP contribution in [0.1, 0.15) is 31.7 Å². The van der Waals surface area contributed by atoms with Gasteiger partial charge in [-0.05, 0) is 28.3 Å². The zero-order valence-corrected chi connectivity index (χ0v) is 14.4. The molecule has 3 nitrogen and oxygen atoms in total. The number of nitrogens with zero attached hydrogens (tertiary/aromatic N) is 2. The molecule has 0 saturated heterocycles. The van der Waals surface area contributed by atoms with Gasteiger partial charge in [-0.3, -0.25) is 4.68 Å². The van der Waals surface area contributed by atoms with E-state index in [0.29, 0.717) is 6.54 Å². The summed E-state index contributed by atoms with van der Waals surface area (Å²) in [6.07, 6.45) is 7.79. The van der Waals surface area contributed by atoms with Crippen molar-refractivity contribution in [2.45, 2.75) is 39.3 Å². The quantitative estimate of drug-likeness (QED) is 0.662. The molecule has 0 aliphatic carbocycles. The Morgan fingerprint density at radius 3 is 2.57 bits per heavy atom. The highest BCUT2D eigenvalue weighted by atomic mass is 35.5. The van der Waals surface area contributed by atoms with Gasteiger partial charge in [0.05, 0.1) is 6.20 Å².